The number of benzene rings is 3. The highest BCUT2D eigenvalue weighted by atomic mass is 19.4. The van der Waals surface area contributed by atoms with E-state index in [9.17, 15) is 22.8 Å². The Morgan fingerprint density at radius 1 is 0.843 bits per heavy atom. The molecule has 3 N–H and O–H groups in total. The van der Waals surface area contributed by atoms with E-state index in [0.717, 1.165) is 32.0 Å². The van der Waals surface area contributed by atoms with E-state index in [4.69, 9.17) is 14.2 Å². The summed E-state index contributed by atoms with van der Waals surface area (Å²) < 4.78 is 59.8. The van der Waals surface area contributed by atoms with Crippen LogP contribution in [-0.2, 0) is 11.0 Å². The summed E-state index contributed by atoms with van der Waals surface area (Å²) in [5, 5.41) is 8.91. The number of pyridine rings is 1. The second-order valence-corrected chi connectivity index (χ2v) is 12.6. The van der Waals surface area contributed by atoms with Gasteiger partial charge in [-0.15, -0.1) is 0 Å². The average molecular weight is 707 g/mol. The molecule has 6 rings (SSSR count). The molecular weight excluding hydrogens is 665 g/mol. The highest BCUT2D eigenvalue weighted by Gasteiger charge is 2.36. The zero-order valence-electron chi connectivity index (χ0n) is 28.5. The largest absolute Gasteiger partial charge is 0.493 e. The molecule has 270 valence electrons. The van der Waals surface area contributed by atoms with Gasteiger partial charge in [0.2, 0.25) is 5.91 Å². The number of urea groups is 1. The summed E-state index contributed by atoms with van der Waals surface area (Å²) in [6.07, 6.45) is 1.39. The lowest BCUT2D eigenvalue weighted by molar-refractivity contribution is -0.137. The minimum absolute atomic E-state index is 0.0107. The van der Waals surface area contributed by atoms with Crippen molar-refractivity contribution >= 4 is 39.9 Å². The summed E-state index contributed by atoms with van der Waals surface area (Å²) in [5.74, 6) is 1.89. The van der Waals surface area contributed by atoms with Crippen molar-refractivity contribution < 1.29 is 37.0 Å². The van der Waals surface area contributed by atoms with Crippen LogP contribution >= 0.6 is 0 Å². The van der Waals surface area contributed by atoms with E-state index >= 15 is 0 Å². The van der Waals surface area contributed by atoms with Crippen molar-refractivity contribution in [3.05, 3.63) is 72.4 Å². The fourth-order valence-corrected chi connectivity index (χ4v) is 6.57. The van der Waals surface area contributed by atoms with E-state index in [2.05, 4.69) is 25.8 Å². The van der Waals surface area contributed by atoms with E-state index in [1.165, 1.54) is 32.8 Å². The van der Waals surface area contributed by atoms with E-state index in [-0.39, 0.29) is 23.3 Å². The number of ether oxygens (including phenoxy) is 3. The summed E-state index contributed by atoms with van der Waals surface area (Å²) >= 11 is 0. The monoisotopic (exact) mass is 706 g/mol. The van der Waals surface area contributed by atoms with Gasteiger partial charge in [-0.25, -0.2) is 4.79 Å². The molecule has 1 aromatic heterocycles. The maximum atomic E-state index is 14.3. The molecule has 0 spiro atoms. The summed E-state index contributed by atoms with van der Waals surface area (Å²) in [5.41, 5.74) is 0.169. The maximum Gasteiger partial charge on any atom is 0.418 e. The number of hydrogen-bond donors (Lipinski definition) is 3. The SMILES string of the molecule is COc1cc2nccc(Oc3cccc(NC(=O)Nc4ccc(N5CCC(NC(=O)CN6CCCCC6)CC5)c(C(F)(F)F)c4)c3)c2cc1OC. The average Bonchev–Trinajstić information content (AvgIpc) is 3.11. The Balaban J connectivity index is 1.07. The predicted molar refractivity (Wildman–Crippen MR) is 189 cm³/mol. The molecule has 2 fully saturated rings. The molecule has 2 aliphatic heterocycles. The summed E-state index contributed by atoms with van der Waals surface area (Å²) in [6, 6.07) is 14.8. The zero-order valence-corrected chi connectivity index (χ0v) is 28.5. The van der Waals surface area contributed by atoms with Crippen LogP contribution in [0.1, 0.15) is 37.7 Å². The second-order valence-electron chi connectivity index (χ2n) is 12.6. The van der Waals surface area contributed by atoms with E-state index < -0.39 is 17.8 Å². The van der Waals surface area contributed by atoms with Crippen LogP contribution in [0.25, 0.3) is 10.9 Å². The lowest BCUT2D eigenvalue weighted by Gasteiger charge is -2.36. The Labute approximate surface area is 294 Å². The number of rotatable bonds is 10. The van der Waals surface area contributed by atoms with Gasteiger partial charge in [-0.1, -0.05) is 12.5 Å². The van der Waals surface area contributed by atoms with Gasteiger partial charge in [0.1, 0.15) is 11.5 Å². The fourth-order valence-electron chi connectivity index (χ4n) is 6.57. The smallest absolute Gasteiger partial charge is 0.418 e. The number of halogens is 3. The standard InChI is InChI=1S/C37H41F3N6O5/c1-49-33-21-28-30(22-34(33)50-2)41-14-11-32(28)51-27-8-6-7-25(19-27)43-36(48)44-26-9-10-31(29(20-26)37(38,39)40)46-17-12-24(13-18-46)42-35(47)23-45-15-4-3-5-16-45/h6-11,14,19-22,24H,3-5,12-13,15-18,23H2,1-2H3,(H,42,47)(H2,43,44,48). The number of likely N-dealkylation sites (tertiary alicyclic amines) is 1. The molecule has 11 nitrogen and oxygen atoms in total. The van der Waals surface area contributed by atoms with E-state index in [1.807, 2.05) is 0 Å². The molecule has 3 amide bonds. The van der Waals surface area contributed by atoms with Gasteiger partial charge in [0.05, 0.1) is 31.8 Å². The zero-order chi connectivity index (χ0) is 36.0. The minimum Gasteiger partial charge on any atom is -0.493 e. The first-order valence-electron chi connectivity index (χ1n) is 16.9. The third-order valence-corrected chi connectivity index (χ3v) is 9.10. The van der Waals surface area contributed by atoms with Gasteiger partial charge in [-0.2, -0.15) is 13.2 Å². The number of hydrogen-bond acceptors (Lipinski definition) is 8. The summed E-state index contributed by atoms with van der Waals surface area (Å²) in [6.45, 7) is 2.91. The van der Waals surface area contributed by atoms with Crippen molar-refractivity contribution in [3.63, 3.8) is 0 Å². The lowest BCUT2D eigenvalue weighted by atomic mass is 10.0. The number of nitrogens with zero attached hydrogens (tertiary/aromatic N) is 3. The Morgan fingerprint density at radius 3 is 2.25 bits per heavy atom. The molecule has 0 radical (unpaired) electrons. The number of methoxy groups -OCH3 is 2. The van der Waals surface area contributed by atoms with Crippen molar-refractivity contribution in [2.75, 3.05) is 62.5 Å². The van der Waals surface area contributed by atoms with Crippen molar-refractivity contribution in [3.8, 4) is 23.0 Å². The number of carbonyl (C=O) groups excluding carboxylic acids is 2. The van der Waals surface area contributed by atoms with Crippen molar-refractivity contribution in [1.29, 1.82) is 0 Å². The van der Waals surface area contributed by atoms with E-state index in [0.29, 0.717) is 72.1 Å². The molecule has 3 heterocycles. The third kappa shape index (κ3) is 8.92. The Kier molecular flexibility index (Phi) is 11.0. The number of anilines is 3. The molecule has 0 unspecified atom stereocenters. The number of piperidine rings is 2. The van der Waals surface area contributed by atoms with Gasteiger partial charge in [0, 0.05) is 59.9 Å². The fraction of sp³-hybridized carbons (Fsp3) is 0.378. The lowest BCUT2D eigenvalue weighted by Crippen LogP contribution is -2.48. The highest BCUT2D eigenvalue weighted by molar-refractivity contribution is 6.00. The molecule has 3 aromatic carbocycles. The van der Waals surface area contributed by atoms with Crippen LogP contribution in [0.2, 0.25) is 0 Å². The van der Waals surface area contributed by atoms with Crippen LogP contribution < -0.4 is 35.1 Å². The first-order valence-corrected chi connectivity index (χ1v) is 16.9. The van der Waals surface area contributed by atoms with Crippen molar-refractivity contribution in [2.45, 2.75) is 44.3 Å². The Hall–Kier alpha value is -5.24. The van der Waals surface area contributed by atoms with Gasteiger partial charge in [-0.05, 0) is 81.2 Å². The second kappa shape index (κ2) is 15.8. The number of nitrogens with one attached hydrogen (secondary N) is 3. The molecule has 0 bridgehead atoms. The van der Waals surface area contributed by atoms with E-state index in [1.54, 1.807) is 53.6 Å². The van der Waals surface area contributed by atoms with Gasteiger partial charge >= 0.3 is 12.2 Å². The Bertz CT molecular complexity index is 1860. The Morgan fingerprint density at radius 2 is 1.55 bits per heavy atom. The summed E-state index contributed by atoms with van der Waals surface area (Å²) in [7, 11) is 3.07. The predicted octanol–water partition coefficient (Wildman–Crippen LogP) is 7.28. The van der Waals surface area contributed by atoms with Crippen LogP contribution in [-0.4, -0.2) is 74.8 Å². The molecule has 0 atom stereocenters. The third-order valence-electron chi connectivity index (χ3n) is 9.10. The molecule has 14 heteroatoms. The highest BCUT2D eigenvalue weighted by Crippen LogP contribution is 2.40. The minimum atomic E-state index is -4.65. The van der Waals surface area contributed by atoms with Crippen molar-refractivity contribution in [2.24, 2.45) is 0 Å². The number of amides is 3. The van der Waals surface area contributed by atoms with Crippen LogP contribution in [0.3, 0.4) is 0 Å². The number of fused-ring (bicyclic) bond motifs is 1. The normalized spacial score (nSPS) is 15.7. The van der Waals surface area contributed by atoms with Gasteiger partial charge < -0.3 is 35.1 Å². The van der Waals surface area contributed by atoms with Gasteiger partial charge in [0.15, 0.2) is 11.5 Å². The first-order chi connectivity index (χ1) is 24.6. The summed E-state index contributed by atoms with van der Waals surface area (Å²) in [4.78, 5) is 33.7. The maximum absolute atomic E-state index is 14.3. The molecular formula is C37H41F3N6O5. The van der Waals surface area contributed by atoms with Crippen LogP contribution in [0.15, 0.2) is 66.9 Å². The number of alkyl halides is 3. The molecule has 4 aromatic rings. The molecule has 0 aliphatic carbocycles. The molecule has 2 saturated heterocycles. The molecule has 0 saturated carbocycles. The van der Waals surface area contributed by atoms with Crippen LogP contribution in [0.5, 0.6) is 23.0 Å². The van der Waals surface area contributed by atoms with Crippen LogP contribution in [0.4, 0.5) is 35.0 Å². The quantitative estimate of drug-likeness (QED) is 0.158. The van der Waals surface area contributed by atoms with Crippen LogP contribution in [0, 0.1) is 0 Å². The molecule has 51 heavy (non-hydrogen) atoms. The topological polar surface area (TPSA) is 117 Å². The molecule has 2 aliphatic rings. The number of carbonyl (C=O) groups is 2. The first kappa shape index (κ1) is 35.6. The van der Waals surface area contributed by atoms with Gasteiger partial charge in [0.25, 0.3) is 0 Å². The van der Waals surface area contributed by atoms with Crippen molar-refractivity contribution in [1.82, 2.24) is 15.2 Å². The van der Waals surface area contributed by atoms with Gasteiger partial charge in [-0.3, -0.25) is 14.7 Å². The number of aromatic nitrogens is 1.